The molecule has 1 fully saturated rings. The Bertz CT molecular complexity index is 730. The van der Waals surface area contributed by atoms with E-state index >= 15 is 0 Å². The van der Waals surface area contributed by atoms with Crippen LogP contribution in [0.4, 0.5) is 4.39 Å². The van der Waals surface area contributed by atoms with E-state index in [4.69, 9.17) is 0 Å². The van der Waals surface area contributed by atoms with Crippen LogP contribution in [0.2, 0.25) is 0 Å². The van der Waals surface area contributed by atoms with Crippen LogP contribution in [0.3, 0.4) is 0 Å². The molecule has 104 valence electrons. The lowest BCUT2D eigenvalue weighted by Crippen LogP contribution is -2.74. The summed E-state index contributed by atoms with van der Waals surface area (Å²) >= 11 is 0. The Morgan fingerprint density at radius 2 is 2.00 bits per heavy atom. The molecule has 4 nitrogen and oxygen atoms in total. The normalized spacial score (nSPS) is 26.0. The number of rotatable bonds is 1. The van der Waals surface area contributed by atoms with E-state index in [-0.39, 0.29) is 17.8 Å². The van der Waals surface area contributed by atoms with Crippen molar-refractivity contribution < 1.29 is 14.2 Å². The van der Waals surface area contributed by atoms with Crippen LogP contribution in [0.5, 0.6) is 0 Å². The van der Waals surface area contributed by atoms with E-state index in [0.29, 0.717) is 0 Å². The van der Waals surface area contributed by atoms with Gasteiger partial charge in [-0.1, -0.05) is 30.4 Å². The number of halogens is 1. The van der Waals surface area contributed by atoms with Crippen molar-refractivity contribution in [3.05, 3.63) is 72.0 Å². The first-order valence-electron chi connectivity index (χ1n) is 6.77. The molecule has 2 unspecified atom stereocenters. The standard InChI is InChI=1S/C16H12FN3O/c17-11-7-5-10(6-8-11)15-16(21)20-13-4-2-1-3-12(13)18-9-14(20)19-15/h1-9,13,15,19H/p+1. The highest BCUT2D eigenvalue weighted by Gasteiger charge is 2.45. The quantitative estimate of drug-likeness (QED) is 0.769. The third kappa shape index (κ3) is 1.81. The van der Waals surface area contributed by atoms with Crippen molar-refractivity contribution in [1.29, 1.82) is 0 Å². The molecule has 1 aliphatic carbocycles. The maximum absolute atomic E-state index is 13.0. The van der Waals surface area contributed by atoms with Gasteiger partial charge >= 0.3 is 0 Å². The SMILES string of the molecule is O=C1C(c2ccc(F)cc2)NC2=C[NH+]=C3C=CC=CC3N12. The molecule has 5 heteroatoms. The van der Waals surface area contributed by atoms with Gasteiger partial charge in [0.05, 0.1) is 0 Å². The predicted molar refractivity (Wildman–Crippen MR) is 75.2 cm³/mol. The molecule has 2 atom stereocenters. The molecule has 1 amide bonds. The molecule has 1 aromatic carbocycles. The van der Waals surface area contributed by atoms with Crippen molar-refractivity contribution in [2.24, 2.45) is 0 Å². The highest BCUT2D eigenvalue weighted by atomic mass is 19.1. The number of fused-ring (bicyclic) bond motifs is 3. The van der Waals surface area contributed by atoms with Crippen LogP contribution < -0.4 is 10.3 Å². The van der Waals surface area contributed by atoms with E-state index in [1.165, 1.54) is 12.1 Å². The summed E-state index contributed by atoms with van der Waals surface area (Å²) in [6.07, 6.45) is 9.58. The lowest BCUT2D eigenvalue weighted by molar-refractivity contribution is -0.380. The third-order valence-electron chi connectivity index (χ3n) is 3.89. The second-order valence-corrected chi connectivity index (χ2v) is 5.16. The van der Waals surface area contributed by atoms with Crippen LogP contribution >= 0.6 is 0 Å². The van der Waals surface area contributed by atoms with Crippen LogP contribution in [0.25, 0.3) is 0 Å². The van der Waals surface area contributed by atoms with E-state index in [2.05, 4.69) is 10.3 Å². The molecule has 2 N–H and O–H groups in total. The third-order valence-corrected chi connectivity index (χ3v) is 3.89. The molecule has 3 aliphatic rings. The van der Waals surface area contributed by atoms with Crippen molar-refractivity contribution >= 4 is 11.6 Å². The number of carbonyl (C=O) groups excluding carboxylic acids is 1. The molecule has 0 saturated carbocycles. The minimum atomic E-state index is -0.475. The molecule has 0 radical (unpaired) electrons. The highest BCUT2D eigenvalue weighted by molar-refractivity contribution is 6.02. The van der Waals surface area contributed by atoms with E-state index in [1.807, 2.05) is 24.3 Å². The van der Waals surface area contributed by atoms with Gasteiger partial charge in [-0.3, -0.25) is 9.69 Å². The van der Waals surface area contributed by atoms with Gasteiger partial charge in [-0.25, -0.2) is 9.38 Å². The maximum Gasteiger partial charge on any atom is 0.256 e. The largest absolute Gasteiger partial charge is 0.351 e. The minimum absolute atomic E-state index is 0.0307. The zero-order valence-electron chi connectivity index (χ0n) is 11.1. The summed E-state index contributed by atoms with van der Waals surface area (Å²) in [6.45, 7) is 0. The number of benzene rings is 1. The lowest BCUT2D eigenvalue weighted by atomic mass is 10.0. The van der Waals surface area contributed by atoms with Crippen LogP contribution in [0.1, 0.15) is 11.6 Å². The Labute approximate surface area is 121 Å². The molecular formula is C16H13FN3O+. The molecule has 2 heterocycles. The molecule has 1 aromatic rings. The van der Waals surface area contributed by atoms with E-state index in [9.17, 15) is 9.18 Å². The Kier molecular flexibility index (Phi) is 2.54. The van der Waals surface area contributed by atoms with Gasteiger partial charge in [0.1, 0.15) is 17.9 Å². The fourth-order valence-electron chi connectivity index (χ4n) is 2.86. The van der Waals surface area contributed by atoms with E-state index in [0.717, 1.165) is 17.1 Å². The van der Waals surface area contributed by atoms with Crippen molar-refractivity contribution in [3.63, 3.8) is 0 Å². The second-order valence-electron chi connectivity index (χ2n) is 5.16. The Balaban J connectivity index is 1.69. The van der Waals surface area contributed by atoms with Gasteiger partial charge in [0.15, 0.2) is 5.82 Å². The first-order chi connectivity index (χ1) is 10.2. The van der Waals surface area contributed by atoms with Gasteiger partial charge in [-0.05, 0) is 17.7 Å². The molecular weight excluding hydrogens is 269 g/mol. The Morgan fingerprint density at radius 3 is 2.81 bits per heavy atom. The van der Waals surface area contributed by atoms with Gasteiger partial charge in [0.25, 0.3) is 5.91 Å². The van der Waals surface area contributed by atoms with E-state index < -0.39 is 6.04 Å². The summed E-state index contributed by atoms with van der Waals surface area (Å²) in [5.74, 6) is 0.401. The number of hydrogen-bond acceptors (Lipinski definition) is 2. The van der Waals surface area contributed by atoms with Gasteiger partial charge in [0, 0.05) is 6.08 Å². The average Bonchev–Trinajstić information content (AvgIpc) is 2.86. The second kappa shape index (κ2) is 4.41. The van der Waals surface area contributed by atoms with Crippen LogP contribution in [-0.4, -0.2) is 22.6 Å². The molecule has 0 bridgehead atoms. The highest BCUT2D eigenvalue weighted by Crippen LogP contribution is 2.29. The average molecular weight is 282 g/mol. The summed E-state index contributed by atoms with van der Waals surface area (Å²) in [7, 11) is 0. The maximum atomic E-state index is 13.0. The van der Waals surface area contributed by atoms with Crippen molar-refractivity contribution in [3.8, 4) is 0 Å². The van der Waals surface area contributed by atoms with Crippen LogP contribution in [0.15, 0.2) is 60.6 Å². The molecule has 21 heavy (non-hydrogen) atoms. The van der Waals surface area contributed by atoms with Crippen LogP contribution in [-0.2, 0) is 4.79 Å². The minimum Gasteiger partial charge on any atom is -0.351 e. The van der Waals surface area contributed by atoms with E-state index in [1.54, 1.807) is 23.2 Å². The molecule has 1 saturated heterocycles. The van der Waals surface area contributed by atoms with Crippen molar-refractivity contribution in [2.45, 2.75) is 12.1 Å². The zero-order valence-corrected chi connectivity index (χ0v) is 11.1. The van der Waals surface area contributed by atoms with Gasteiger partial charge in [-0.15, -0.1) is 0 Å². The number of nitrogens with one attached hydrogen (secondary N) is 2. The fourth-order valence-corrected chi connectivity index (χ4v) is 2.86. The van der Waals surface area contributed by atoms with Gasteiger partial charge in [0.2, 0.25) is 11.9 Å². The summed E-state index contributed by atoms with van der Waals surface area (Å²) in [6, 6.07) is 5.43. The monoisotopic (exact) mass is 282 g/mol. The number of amides is 1. The topological polar surface area (TPSA) is 46.3 Å². The Morgan fingerprint density at radius 1 is 1.19 bits per heavy atom. The predicted octanol–water partition coefficient (Wildman–Crippen LogP) is 0.127. The summed E-state index contributed by atoms with van der Waals surface area (Å²) < 4.78 is 13.0. The van der Waals surface area contributed by atoms with Gasteiger partial charge in [-0.2, -0.15) is 0 Å². The number of carbonyl (C=O) groups is 1. The summed E-state index contributed by atoms with van der Waals surface area (Å²) in [5.41, 5.74) is 1.73. The van der Waals surface area contributed by atoms with Crippen molar-refractivity contribution in [1.82, 2.24) is 10.2 Å². The lowest BCUT2D eigenvalue weighted by Gasteiger charge is -2.25. The molecule has 0 aromatic heterocycles. The number of nitrogens with zero attached hydrogens (tertiary/aromatic N) is 1. The number of allylic oxidation sites excluding steroid dienone is 2. The first-order valence-corrected chi connectivity index (χ1v) is 6.77. The Hall–Kier alpha value is -2.69. The summed E-state index contributed by atoms with van der Waals surface area (Å²) in [5, 5.41) is 3.19. The van der Waals surface area contributed by atoms with Crippen LogP contribution in [0, 0.1) is 5.82 Å². The number of hydrogen-bond donors (Lipinski definition) is 2. The molecule has 2 aliphatic heterocycles. The zero-order chi connectivity index (χ0) is 14.4. The van der Waals surface area contributed by atoms with Crippen molar-refractivity contribution in [2.75, 3.05) is 0 Å². The summed E-state index contributed by atoms with van der Waals surface area (Å²) in [4.78, 5) is 17.6. The smallest absolute Gasteiger partial charge is 0.256 e. The first kappa shape index (κ1) is 12.1. The van der Waals surface area contributed by atoms with Gasteiger partial charge < -0.3 is 5.32 Å². The molecule has 0 spiro atoms. The fraction of sp³-hybridized carbons (Fsp3) is 0.125. The molecule has 4 rings (SSSR count).